The van der Waals surface area contributed by atoms with Crippen LogP contribution in [0.5, 0.6) is 0 Å². The first kappa shape index (κ1) is 13.7. The number of nitrogens with zero attached hydrogens (tertiary/aromatic N) is 2. The molecule has 0 aliphatic heterocycles. The van der Waals surface area contributed by atoms with Crippen LogP contribution < -0.4 is 5.73 Å². The number of nitrogens with two attached hydrogens (primary N) is 1. The van der Waals surface area contributed by atoms with Crippen molar-refractivity contribution in [3.63, 3.8) is 0 Å². The summed E-state index contributed by atoms with van der Waals surface area (Å²) < 4.78 is 2.22. The number of rotatable bonds is 1. The largest absolute Gasteiger partial charge is 0.382 e. The van der Waals surface area contributed by atoms with Crippen LogP contribution in [0.15, 0.2) is 24.3 Å². The number of fused-ring (bicyclic) bond motifs is 1. The highest BCUT2D eigenvalue weighted by molar-refractivity contribution is 5.98. The van der Waals surface area contributed by atoms with Crippen LogP contribution in [0.4, 0.5) is 5.82 Å². The van der Waals surface area contributed by atoms with Crippen LogP contribution in [0.2, 0.25) is 0 Å². The van der Waals surface area contributed by atoms with Gasteiger partial charge in [0.05, 0.1) is 5.69 Å². The van der Waals surface area contributed by atoms with E-state index in [1.54, 1.807) is 0 Å². The predicted molar refractivity (Wildman–Crippen MR) is 88.4 cm³/mol. The Hall–Kier alpha value is -2.23. The highest BCUT2D eigenvalue weighted by Gasteiger charge is 2.19. The van der Waals surface area contributed by atoms with Gasteiger partial charge in [0.2, 0.25) is 0 Å². The van der Waals surface area contributed by atoms with Crippen molar-refractivity contribution in [3.05, 3.63) is 35.5 Å². The molecule has 110 valence electrons. The topological polar surface area (TPSA) is 59.6 Å². The molecule has 0 aliphatic rings. The minimum absolute atomic E-state index is 0.127. The number of nitrogens with one attached hydrogen (secondary N) is 1. The number of aromatic nitrogens is 3. The van der Waals surface area contributed by atoms with Gasteiger partial charge in [0, 0.05) is 35.3 Å². The van der Waals surface area contributed by atoms with Gasteiger partial charge in [-0.05, 0) is 30.0 Å². The molecule has 0 saturated heterocycles. The molecule has 0 fully saturated rings. The van der Waals surface area contributed by atoms with E-state index in [9.17, 15) is 0 Å². The van der Waals surface area contributed by atoms with Crippen molar-refractivity contribution in [1.82, 2.24) is 14.8 Å². The van der Waals surface area contributed by atoms with Crippen LogP contribution in [-0.2, 0) is 12.5 Å². The van der Waals surface area contributed by atoms with Gasteiger partial charge in [0.1, 0.15) is 5.82 Å². The average molecular weight is 282 g/mol. The van der Waals surface area contributed by atoms with Crippen molar-refractivity contribution >= 4 is 16.7 Å². The molecular formula is C17H22N4. The first-order chi connectivity index (χ1) is 9.79. The molecule has 0 saturated carbocycles. The number of H-pyrrole nitrogens is 1. The van der Waals surface area contributed by atoms with E-state index in [4.69, 9.17) is 5.73 Å². The lowest BCUT2D eigenvalue weighted by molar-refractivity contribution is 0.591. The number of hydrogen-bond donors (Lipinski definition) is 2. The number of aromatic amines is 1. The molecule has 0 atom stereocenters. The van der Waals surface area contributed by atoms with E-state index >= 15 is 0 Å². The van der Waals surface area contributed by atoms with Gasteiger partial charge >= 0.3 is 0 Å². The summed E-state index contributed by atoms with van der Waals surface area (Å²) in [6, 6.07) is 8.60. The Labute approximate surface area is 125 Å². The van der Waals surface area contributed by atoms with Gasteiger partial charge < -0.3 is 10.3 Å². The van der Waals surface area contributed by atoms with Gasteiger partial charge in [0.25, 0.3) is 0 Å². The maximum atomic E-state index is 5.77. The summed E-state index contributed by atoms with van der Waals surface area (Å²) in [5, 5.41) is 8.34. The van der Waals surface area contributed by atoms with E-state index in [0.29, 0.717) is 5.82 Å². The molecule has 2 aromatic heterocycles. The van der Waals surface area contributed by atoms with E-state index in [0.717, 1.165) is 5.69 Å². The molecule has 0 unspecified atom stereocenters. The van der Waals surface area contributed by atoms with Crippen LogP contribution in [0.25, 0.3) is 22.2 Å². The fraction of sp³-hybridized carbons (Fsp3) is 0.353. The lowest BCUT2D eigenvalue weighted by Crippen LogP contribution is -2.10. The SMILES string of the molecule is Cc1c(-c2cc(N)n[nH]2)c2cc(C(C)(C)C)ccc2n1C. The Morgan fingerprint density at radius 3 is 2.48 bits per heavy atom. The molecule has 3 rings (SSSR count). The van der Waals surface area contributed by atoms with Gasteiger partial charge in [-0.1, -0.05) is 26.8 Å². The second kappa shape index (κ2) is 4.38. The van der Waals surface area contributed by atoms with Crippen LogP contribution in [0.3, 0.4) is 0 Å². The Morgan fingerprint density at radius 1 is 1.19 bits per heavy atom. The van der Waals surface area contributed by atoms with Gasteiger partial charge in [0.15, 0.2) is 0 Å². The molecule has 1 aromatic carbocycles. The zero-order valence-corrected chi connectivity index (χ0v) is 13.3. The van der Waals surface area contributed by atoms with Gasteiger partial charge in [-0.3, -0.25) is 5.10 Å². The van der Waals surface area contributed by atoms with Crippen LogP contribution >= 0.6 is 0 Å². The third-order valence-corrected chi connectivity index (χ3v) is 4.23. The summed E-state index contributed by atoms with van der Waals surface area (Å²) in [6.07, 6.45) is 0. The fourth-order valence-corrected chi connectivity index (χ4v) is 2.84. The van der Waals surface area contributed by atoms with Gasteiger partial charge in [-0.25, -0.2) is 0 Å². The Kier molecular flexibility index (Phi) is 2.87. The lowest BCUT2D eigenvalue weighted by Gasteiger charge is -2.19. The third-order valence-electron chi connectivity index (χ3n) is 4.23. The lowest BCUT2D eigenvalue weighted by atomic mass is 9.86. The summed E-state index contributed by atoms with van der Waals surface area (Å²) in [4.78, 5) is 0. The zero-order chi connectivity index (χ0) is 15.4. The fourth-order valence-electron chi connectivity index (χ4n) is 2.84. The molecule has 0 radical (unpaired) electrons. The summed E-state index contributed by atoms with van der Waals surface area (Å²) in [6.45, 7) is 8.83. The highest BCUT2D eigenvalue weighted by atomic mass is 15.2. The van der Waals surface area contributed by atoms with Crippen LogP contribution in [0, 0.1) is 6.92 Å². The molecule has 0 bridgehead atoms. The number of aryl methyl sites for hydroxylation is 1. The molecule has 4 heteroatoms. The quantitative estimate of drug-likeness (QED) is 0.714. The minimum Gasteiger partial charge on any atom is -0.382 e. The van der Waals surface area contributed by atoms with Crippen molar-refractivity contribution in [2.45, 2.75) is 33.1 Å². The molecule has 21 heavy (non-hydrogen) atoms. The second-order valence-electron chi connectivity index (χ2n) is 6.71. The average Bonchev–Trinajstić information content (AvgIpc) is 2.92. The van der Waals surface area contributed by atoms with Crippen molar-refractivity contribution in [3.8, 4) is 11.3 Å². The highest BCUT2D eigenvalue weighted by Crippen LogP contribution is 2.36. The number of anilines is 1. The summed E-state index contributed by atoms with van der Waals surface area (Å²) in [7, 11) is 2.09. The van der Waals surface area contributed by atoms with Crippen molar-refractivity contribution in [2.75, 3.05) is 5.73 Å². The first-order valence-electron chi connectivity index (χ1n) is 7.20. The molecule has 4 nitrogen and oxygen atoms in total. The third kappa shape index (κ3) is 2.11. The molecule has 0 spiro atoms. The Morgan fingerprint density at radius 2 is 1.90 bits per heavy atom. The molecule has 0 aliphatic carbocycles. The van der Waals surface area contributed by atoms with E-state index < -0.39 is 0 Å². The molecule has 0 amide bonds. The number of benzene rings is 1. The minimum atomic E-state index is 0.127. The maximum absolute atomic E-state index is 5.77. The van der Waals surface area contributed by atoms with E-state index in [2.05, 4.69) is 67.7 Å². The summed E-state index contributed by atoms with van der Waals surface area (Å²) >= 11 is 0. The monoisotopic (exact) mass is 282 g/mol. The van der Waals surface area contributed by atoms with E-state index in [1.807, 2.05) is 6.07 Å². The van der Waals surface area contributed by atoms with Crippen LogP contribution in [-0.4, -0.2) is 14.8 Å². The predicted octanol–water partition coefficient (Wildman–Crippen LogP) is 3.76. The maximum Gasteiger partial charge on any atom is 0.145 e. The Balaban J connectivity index is 2.35. The molecule has 3 N–H and O–H groups in total. The molecule has 2 heterocycles. The zero-order valence-electron chi connectivity index (χ0n) is 13.3. The van der Waals surface area contributed by atoms with Crippen LogP contribution in [0.1, 0.15) is 32.0 Å². The Bertz CT molecular complexity index is 815. The summed E-state index contributed by atoms with van der Waals surface area (Å²) in [5.74, 6) is 0.522. The van der Waals surface area contributed by atoms with E-state index in [-0.39, 0.29) is 5.41 Å². The second-order valence-corrected chi connectivity index (χ2v) is 6.71. The normalized spacial score (nSPS) is 12.2. The van der Waals surface area contributed by atoms with Crippen molar-refractivity contribution in [1.29, 1.82) is 0 Å². The van der Waals surface area contributed by atoms with Gasteiger partial charge in [-0.15, -0.1) is 0 Å². The molecular weight excluding hydrogens is 260 g/mol. The number of nitrogen functional groups attached to an aromatic ring is 1. The standard InChI is InChI=1S/C17H22N4/c1-10-16(13-9-15(18)20-19-13)12-8-11(17(2,3)4)6-7-14(12)21(10)5/h6-9H,1-5H3,(H3,18,19,20). The molecule has 3 aromatic rings. The first-order valence-corrected chi connectivity index (χ1v) is 7.20. The van der Waals surface area contributed by atoms with E-state index in [1.165, 1.54) is 27.7 Å². The van der Waals surface area contributed by atoms with Crippen molar-refractivity contribution < 1.29 is 0 Å². The number of hydrogen-bond acceptors (Lipinski definition) is 2. The van der Waals surface area contributed by atoms with Gasteiger partial charge in [-0.2, -0.15) is 5.10 Å². The summed E-state index contributed by atoms with van der Waals surface area (Å²) in [5.41, 5.74) is 11.8. The van der Waals surface area contributed by atoms with Crippen molar-refractivity contribution in [2.24, 2.45) is 7.05 Å². The smallest absolute Gasteiger partial charge is 0.145 e.